The molecule has 0 bridgehead atoms. The van der Waals surface area contributed by atoms with Crippen LogP contribution in [0.15, 0.2) is 24.3 Å². The number of rotatable bonds is 7. The molecule has 0 unspecified atom stereocenters. The summed E-state index contributed by atoms with van der Waals surface area (Å²) in [6, 6.07) is 7.97. The molecule has 0 atom stereocenters. The Labute approximate surface area is 110 Å². The Morgan fingerprint density at radius 2 is 1.78 bits per heavy atom. The first-order valence-corrected chi connectivity index (χ1v) is 6.76. The molecule has 18 heavy (non-hydrogen) atoms. The van der Waals surface area contributed by atoms with E-state index in [9.17, 15) is 4.79 Å². The van der Waals surface area contributed by atoms with Crippen molar-refractivity contribution in [3.63, 3.8) is 0 Å². The van der Waals surface area contributed by atoms with Crippen LogP contribution in [0.5, 0.6) is 0 Å². The molecule has 0 radical (unpaired) electrons. The van der Waals surface area contributed by atoms with Crippen LogP contribution in [0.2, 0.25) is 0 Å². The van der Waals surface area contributed by atoms with Crippen molar-refractivity contribution in [3.05, 3.63) is 35.4 Å². The van der Waals surface area contributed by atoms with Crippen molar-refractivity contribution in [1.82, 2.24) is 4.90 Å². The molecule has 3 heteroatoms. The summed E-state index contributed by atoms with van der Waals surface area (Å²) in [6.07, 6.45) is 2.68. The van der Waals surface area contributed by atoms with Crippen molar-refractivity contribution < 1.29 is 4.79 Å². The average molecular weight is 248 g/mol. The number of likely N-dealkylation sites (N-methyl/N-ethyl adjacent to an activating group) is 1. The number of carbonyl (C=O) groups is 1. The molecule has 100 valence electrons. The summed E-state index contributed by atoms with van der Waals surface area (Å²) in [6.45, 7) is 6.38. The van der Waals surface area contributed by atoms with Crippen LogP contribution in [0.3, 0.4) is 0 Å². The smallest absolute Gasteiger partial charge is 0.226 e. The van der Waals surface area contributed by atoms with E-state index in [4.69, 9.17) is 5.73 Å². The Morgan fingerprint density at radius 1 is 1.17 bits per heavy atom. The second kappa shape index (κ2) is 7.88. The van der Waals surface area contributed by atoms with Gasteiger partial charge >= 0.3 is 0 Å². The molecular weight excluding hydrogens is 224 g/mol. The molecule has 0 aliphatic rings. The van der Waals surface area contributed by atoms with Crippen LogP contribution in [0.1, 0.15) is 37.8 Å². The fourth-order valence-corrected chi connectivity index (χ4v) is 1.89. The minimum atomic E-state index is 0.214. The van der Waals surface area contributed by atoms with Gasteiger partial charge in [-0.05, 0) is 24.5 Å². The molecular formula is C15H24N2O. The molecule has 0 spiro atoms. The molecule has 0 aliphatic heterocycles. The fourth-order valence-electron chi connectivity index (χ4n) is 1.89. The largest absolute Gasteiger partial charge is 0.343 e. The number of unbranched alkanes of at least 4 members (excludes halogenated alkanes) is 1. The molecule has 0 aliphatic carbocycles. The van der Waals surface area contributed by atoms with Crippen LogP contribution in [0.4, 0.5) is 0 Å². The van der Waals surface area contributed by atoms with Crippen LogP contribution in [-0.2, 0) is 17.8 Å². The Bertz CT molecular complexity index is 359. The maximum absolute atomic E-state index is 12.1. The van der Waals surface area contributed by atoms with Crippen LogP contribution < -0.4 is 5.73 Å². The van der Waals surface area contributed by atoms with E-state index in [2.05, 4.69) is 6.92 Å². The molecule has 0 saturated carbocycles. The van der Waals surface area contributed by atoms with E-state index in [1.54, 1.807) is 0 Å². The number of hydrogen-bond acceptors (Lipinski definition) is 2. The van der Waals surface area contributed by atoms with Crippen LogP contribution in [0.25, 0.3) is 0 Å². The number of nitrogens with zero attached hydrogens (tertiary/aromatic N) is 1. The van der Waals surface area contributed by atoms with Gasteiger partial charge in [0.05, 0.1) is 6.42 Å². The predicted molar refractivity (Wildman–Crippen MR) is 75.2 cm³/mol. The van der Waals surface area contributed by atoms with E-state index in [0.29, 0.717) is 13.0 Å². The highest BCUT2D eigenvalue weighted by Gasteiger charge is 2.11. The van der Waals surface area contributed by atoms with E-state index in [-0.39, 0.29) is 5.91 Å². The predicted octanol–water partition coefficient (Wildman–Crippen LogP) is 2.34. The number of nitrogens with two attached hydrogens (primary N) is 1. The molecule has 0 fully saturated rings. The first-order chi connectivity index (χ1) is 8.71. The van der Waals surface area contributed by atoms with Crippen molar-refractivity contribution in [2.45, 2.75) is 39.7 Å². The number of benzene rings is 1. The molecule has 1 amide bonds. The molecule has 1 rings (SSSR count). The van der Waals surface area contributed by atoms with E-state index < -0.39 is 0 Å². The summed E-state index contributed by atoms with van der Waals surface area (Å²) in [5.41, 5.74) is 7.71. The van der Waals surface area contributed by atoms with Gasteiger partial charge in [0.15, 0.2) is 0 Å². The molecule has 1 aromatic rings. The number of amides is 1. The van der Waals surface area contributed by atoms with Crippen LogP contribution >= 0.6 is 0 Å². The van der Waals surface area contributed by atoms with Crippen molar-refractivity contribution >= 4 is 5.91 Å². The van der Waals surface area contributed by atoms with Crippen molar-refractivity contribution in [1.29, 1.82) is 0 Å². The molecule has 2 N–H and O–H groups in total. The number of carbonyl (C=O) groups excluding carboxylic acids is 1. The Kier molecular flexibility index (Phi) is 6.44. The first-order valence-electron chi connectivity index (χ1n) is 6.76. The Morgan fingerprint density at radius 3 is 2.28 bits per heavy atom. The van der Waals surface area contributed by atoms with Gasteiger partial charge in [-0.25, -0.2) is 0 Å². The van der Waals surface area contributed by atoms with Gasteiger partial charge in [0.25, 0.3) is 0 Å². The van der Waals surface area contributed by atoms with E-state index in [0.717, 1.165) is 37.1 Å². The standard InChI is InChI=1S/C15H24N2O/c1-3-5-10-17(4-2)15(18)11-13-6-8-14(12-16)9-7-13/h6-9H,3-5,10-12,16H2,1-2H3. The highest BCUT2D eigenvalue weighted by Crippen LogP contribution is 2.07. The third-order valence-corrected chi connectivity index (χ3v) is 3.13. The second-order valence-corrected chi connectivity index (χ2v) is 4.52. The SMILES string of the molecule is CCCCN(CC)C(=O)Cc1ccc(CN)cc1. The summed E-state index contributed by atoms with van der Waals surface area (Å²) in [5.74, 6) is 0.214. The third-order valence-electron chi connectivity index (χ3n) is 3.13. The van der Waals surface area contributed by atoms with Crippen molar-refractivity contribution in [2.75, 3.05) is 13.1 Å². The lowest BCUT2D eigenvalue weighted by atomic mass is 10.1. The van der Waals surface area contributed by atoms with Gasteiger partial charge in [0.2, 0.25) is 5.91 Å². The fraction of sp³-hybridized carbons (Fsp3) is 0.533. The zero-order valence-corrected chi connectivity index (χ0v) is 11.5. The summed E-state index contributed by atoms with van der Waals surface area (Å²) in [4.78, 5) is 14.0. The van der Waals surface area contributed by atoms with E-state index in [1.807, 2.05) is 36.1 Å². The lowest BCUT2D eigenvalue weighted by Crippen LogP contribution is -2.32. The van der Waals surface area contributed by atoms with Gasteiger partial charge in [0.1, 0.15) is 0 Å². The zero-order valence-electron chi connectivity index (χ0n) is 11.5. The summed E-state index contributed by atoms with van der Waals surface area (Å²) in [5, 5.41) is 0. The van der Waals surface area contributed by atoms with Crippen LogP contribution in [-0.4, -0.2) is 23.9 Å². The first kappa shape index (κ1) is 14.7. The van der Waals surface area contributed by atoms with Gasteiger partial charge in [-0.3, -0.25) is 4.79 Å². The van der Waals surface area contributed by atoms with Gasteiger partial charge in [0, 0.05) is 19.6 Å². The summed E-state index contributed by atoms with van der Waals surface area (Å²) >= 11 is 0. The highest BCUT2D eigenvalue weighted by molar-refractivity contribution is 5.78. The second-order valence-electron chi connectivity index (χ2n) is 4.52. The van der Waals surface area contributed by atoms with E-state index in [1.165, 1.54) is 0 Å². The van der Waals surface area contributed by atoms with Crippen LogP contribution in [0, 0.1) is 0 Å². The quantitative estimate of drug-likeness (QED) is 0.805. The zero-order chi connectivity index (χ0) is 13.4. The normalized spacial score (nSPS) is 10.4. The number of hydrogen-bond donors (Lipinski definition) is 1. The van der Waals surface area contributed by atoms with E-state index >= 15 is 0 Å². The van der Waals surface area contributed by atoms with Gasteiger partial charge < -0.3 is 10.6 Å². The minimum absolute atomic E-state index is 0.214. The molecule has 0 aromatic heterocycles. The summed E-state index contributed by atoms with van der Waals surface area (Å²) in [7, 11) is 0. The monoisotopic (exact) mass is 248 g/mol. The van der Waals surface area contributed by atoms with Gasteiger partial charge in [-0.2, -0.15) is 0 Å². The third kappa shape index (κ3) is 4.49. The lowest BCUT2D eigenvalue weighted by Gasteiger charge is -2.20. The minimum Gasteiger partial charge on any atom is -0.343 e. The average Bonchev–Trinajstić information content (AvgIpc) is 2.40. The molecule has 0 heterocycles. The highest BCUT2D eigenvalue weighted by atomic mass is 16.2. The Balaban J connectivity index is 2.55. The maximum atomic E-state index is 12.1. The maximum Gasteiger partial charge on any atom is 0.226 e. The van der Waals surface area contributed by atoms with Crippen molar-refractivity contribution in [2.24, 2.45) is 5.73 Å². The van der Waals surface area contributed by atoms with Crippen molar-refractivity contribution in [3.8, 4) is 0 Å². The van der Waals surface area contributed by atoms with Gasteiger partial charge in [-0.1, -0.05) is 37.6 Å². The molecule has 0 saturated heterocycles. The molecule has 1 aromatic carbocycles. The van der Waals surface area contributed by atoms with Gasteiger partial charge in [-0.15, -0.1) is 0 Å². The molecule has 3 nitrogen and oxygen atoms in total. The Hall–Kier alpha value is -1.35. The topological polar surface area (TPSA) is 46.3 Å². The summed E-state index contributed by atoms with van der Waals surface area (Å²) < 4.78 is 0. The lowest BCUT2D eigenvalue weighted by molar-refractivity contribution is -0.130.